The smallest absolute Gasteiger partial charge is 0.256 e. The van der Waals surface area contributed by atoms with Gasteiger partial charge in [0, 0.05) is 18.2 Å². The molecule has 0 aromatic carbocycles. The summed E-state index contributed by atoms with van der Waals surface area (Å²) in [4.78, 5) is 24.6. The fourth-order valence-electron chi connectivity index (χ4n) is 2.80. The molecule has 1 fully saturated rings. The molecule has 0 aromatic rings. The second-order valence-electron chi connectivity index (χ2n) is 5.16. The zero-order chi connectivity index (χ0) is 13.3. The fraction of sp³-hybridized carbons (Fsp3) is 0.714. The van der Waals surface area contributed by atoms with Crippen LogP contribution in [0, 0.1) is 0 Å². The molecule has 0 N–H and O–H groups in total. The van der Waals surface area contributed by atoms with Gasteiger partial charge in [-0.1, -0.05) is 13.8 Å². The molecular weight excluding hydrogens is 230 g/mol. The molecule has 2 aliphatic rings. The summed E-state index contributed by atoms with van der Waals surface area (Å²) < 4.78 is 5.74. The Bertz CT molecular complexity index is 402. The van der Waals surface area contributed by atoms with Crippen LogP contribution in [0.25, 0.3) is 0 Å². The molecule has 2 amide bonds. The van der Waals surface area contributed by atoms with E-state index < -0.39 is 0 Å². The maximum absolute atomic E-state index is 11.7. The molecule has 2 heterocycles. The fourth-order valence-corrected chi connectivity index (χ4v) is 2.80. The number of rotatable bonds is 6. The molecule has 0 bridgehead atoms. The van der Waals surface area contributed by atoms with Crippen molar-refractivity contribution in [1.29, 1.82) is 0 Å². The van der Waals surface area contributed by atoms with Crippen molar-refractivity contribution in [1.82, 2.24) is 4.90 Å². The Kier molecular flexibility index (Phi) is 3.57. The summed E-state index contributed by atoms with van der Waals surface area (Å²) in [5.41, 5.74) is 0.558. The molecule has 4 nitrogen and oxygen atoms in total. The zero-order valence-electron chi connectivity index (χ0n) is 11.4. The van der Waals surface area contributed by atoms with Gasteiger partial charge in [-0.3, -0.25) is 14.5 Å². The summed E-state index contributed by atoms with van der Waals surface area (Å²) in [6.07, 6.45) is 5.58. The van der Waals surface area contributed by atoms with Gasteiger partial charge in [0.25, 0.3) is 11.8 Å². The molecule has 0 radical (unpaired) electrons. The van der Waals surface area contributed by atoms with Crippen molar-refractivity contribution in [2.75, 3.05) is 6.54 Å². The van der Waals surface area contributed by atoms with Crippen molar-refractivity contribution in [3.8, 4) is 0 Å². The minimum Gasteiger partial charge on any atom is -0.366 e. The first-order chi connectivity index (χ1) is 8.54. The van der Waals surface area contributed by atoms with Crippen LogP contribution in [0.15, 0.2) is 11.6 Å². The summed E-state index contributed by atoms with van der Waals surface area (Å²) in [6.45, 7) is 6.45. The van der Waals surface area contributed by atoms with Gasteiger partial charge in [0.1, 0.15) is 0 Å². The Labute approximate surface area is 108 Å². The predicted molar refractivity (Wildman–Crippen MR) is 67.9 cm³/mol. The van der Waals surface area contributed by atoms with Crippen LogP contribution in [0.3, 0.4) is 0 Å². The molecule has 1 saturated heterocycles. The first-order valence-electron chi connectivity index (χ1n) is 6.76. The Hall–Kier alpha value is -1.16. The molecular formula is C14H21NO3. The van der Waals surface area contributed by atoms with Gasteiger partial charge in [-0.2, -0.15) is 0 Å². The first kappa shape index (κ1) is 13.3. The van der Waals surface area contributed by atoms with Crippen LogP contribution in [-0.4, -0.2) is 35.0 Å². The van der Waals surface area contributed by atoms with E-state index in [0.29, 0.717) is 18.2 Å². The molecule has 0 spiro atoms. The summed E-state index contributed by atoms with van der Waals surface area (Å²) in [6, 6.07) is 0. The van der Waals surface area contributed by atoms with Gasteiger partial charge in [0.15, 0.2) is 0 Å². The molecule has 0 aromatic heterocycles. The number of imide groups is 1. The molecule has 100 valence electrons. The Balaban J connectivity index is 1.80. The van der Waals surface area contributed by atoms with Crippen molar-refractivity contribution in [3.63, 3.8) is 0 Å². The second-order valence-corrected chi connectivity index (χ2v) is 5.16. The van der Waals surface area contributed by atoms with E-state index in [1.807, 2.05) is 0 Å². The minimum atomic E-state index is -0.174. The average Bonchev–Trinajstić information content (AvgIpc) is 3.01. The first-order valence-corrected chi connectivity index (χ1v) is 6.76. The summed E-state index contributed by atoms with van der Waals surface area (Å²) in [5, 5.41) is 0. The molecule has 2 aliphatic heterocycles. The second kappa shape index (κ2) is 4.84. The lowest BCUT2D eigenvalue weighted by Gasteiger charge is -2.16. The van der Waals surface area contributed by atoms with Crippen LogP contribution in [-0.2, 0) is 14.3 Å². The number of nitrogens with zero attached hydrogens (tertiary/aromatic N) is 1. The van der Waals surface area contributed by atoms with Crippen molar-refractivity contribution in [3.05, 3.63) is 11.6 Å². The average molecular weight is 251 g/mol. The molecule has 2 atom stereocenters. The highest BCUT2D eigenvalue weighted by Gasteiger charge is 2.52. The van der Waals surface area contributed by atoms with E-state index in [1.54, 1.807) is 6.92 Å². The van der Waals surface area contributed by atoms with E-state index in [2.05, 4.69) is 13.8 Å². The van der Waals surface area contributed by atoms with Crippen molar-refractivity contribution >= 4 is 11.8 Å². The lowest BCUT2D eigenvalue weighted by molar-refractivity contribution is -0.137. The van der Waals surface area contributed by atoms with Crippen LogP contribution in [0.1, 0.15) is 46.5 Å². The van der Waals surface area contributed by atoms with Gasteiger partial charge in [-0.05, 0) is 32.6 Å². The highest BCUT2D eigenvalue weighted by molar-refractivity contribution is 6.15. The Morgan fingerprint density at radius 2 is 2.11 bits per heavy atom. The van der Waals surface area contributed by atoms with Crippen LogP contribution >= 0.6 is 0 Å². The number of carbonyl (C=O) groups is 2. The van der Waals surface area contributed by atoms with Gasteiger partial charge in [-0.25, -0.2) is 0 Å². The van der Waals surface area contributed by atoms with E-state index in [9.17, 15) is 9.59 Å². The largest absolute Gasteiger partial charge is 0.366 e. The third-order valence-corrected chi connectivity index (χ3v) is 4.05. The highest BCUT2D eigenvalue weighted by Crippen LogP contribution is 2.45. The monoisotopic (exact) mass is 251 g/mol. The molecule has 18 heavy (non-hydrogen) atoms. The number of carbonyl (C=O) groups excluding carboxylic acids is 2. The topological polar surface area (TPSA) is 49.9 Å². The van der Waals surface area contributed by atoms with Crippen LogP contribution in [0.2, 0.25) is 0 Å². The summed E-state index contributed by atoms with van der Waals surface area (Å²) in [5.74, 6) is -0.318. The lowest BCUT2D eigenvalue weighted by atomic mass is 9.95. The van der Waals surface area contributed by atoms with Gasteiger partial charge in [-0.15, -0.1) is 0 Å². The van der Waals surface area contributed by atoms with Crippen LogP contribution in [0.4, 0.5) is 0 Å². The van der Waals surface area contributed by atoms with E-state index in [0.717, 1.165) is 25.7 Å². The minimum absolute atomic E-state index is 0.0169. The maximum Gasteiger partial charge on any atom is 0.256 e. The molecule has 4 heteroatoms. The normalized spacial score (nSPS) is 30.9. The number of amides is 2. The molecule has 2 unspecified atom stereocenters. The van der Waals surface area contributed by atoms with E-state index in [-0.39, 0.29) is 17.4 Å². The number of hydrogen-bond donors (Lipinski definition) is 0. The molecule has 2 rings (SSSR count). The van der Waals surface area contributed by atoms with E-state index in [1.165, 1.54) is 11.0 Å². The third kappa shape index (κ3) is 2.21. The van der Waals surface area contributed by atoms with Gasteiger partial charge >= 0.3 is 0 Å². The van der Waals surface area contributed by atoms with Gasteiger partial charge in [0.05, 0.1) is 11.7 Å². The van der Waals surface area contributed by atoms with Crippen LogP contribution in [0.5, 0.6) is 0 Å². The van der Waals surface area contributed by atoms with Crippen molar-refractivity contribution < 1.29 is 14.3 Å². The van der Waals surface area contributed by atoms with Crippen molar-refractivity contribution in [2.24, 2.45) is 0 Å². The van der Waals surface area contributed by atoms with Gasteiger partial charge in [0.2, 0.25) is 0 Å². The van der Waals surface area contributed by atoms with Gasteiger partial charge < -0.3 is 4.74 Å². The van der Waals surface area contributed by atoms with Crippen LogP contribution < -0.4 is 0 Å². The number of epoxide rings is 1. The van der Waals surface area contributed by atoms with Crippen molar-refractivity contribution in [2.45, 2.75) is 58.2 Å². The number of ether oxygens (including phenoxy) is 1. The van der Waals surface area contributed by atoms with E-state index in [4.69, 9.17) is 4.74 Å². The molecule has 0 aliphatic carbocycles. The van der Waals surface area contributed by atoms with E-state index >= 15 is 0 Å². The zero-order valence-corrected chi connectivity index (χ0v) is 11.4. The lowest BCUT2D eigenvalue weighted by Crippen LogP contribution is -2.32. The SMILES string of the molecule is CCC1OC1(CC)CCCN1C(=O)C=C(C)C1=O. The Morgan fingerprint density at radius 1 is 1.39 bits per heavy atom. The standard InChI is InChI=1S/C14H21NO3/c1-4-11-14(5-2,18-11)7-6-8-15-12(16)9-10(3)13(15)17/h9,11H,4-8H2,1-3H3. The number of hydrogen-bond acceptors (Lipinski definition) is 3. The summed E-state index contributed by atoms with van der Waals surface area (Å²) >= 11 is 0. The Morgan fingerprint density at radius 3 is 2.56 bits per heavy atom. The third-order valence-electron chi connectivity index (χ3n) is 4.05. The predicted octanol–water partition coefficient (Wildman–Crippen LogP) is 2.04. The summed E-state index contributed by atoms with van der Waals surface area (Å²) in [7, 11) is 0. The highest BCUT2D eigenvalue weighted by atomic mass is 16.6. The molecule has 0 saturated carbocycles. The maximum atomic E-state index is 11.7. The quantitative estimate of drug-likeness (QED) is 0.536.